The standard InChI is InChI=1S/C29H26FN7O2S/c1-37(2)21-13-19(15-31-16-21)23-4-5-25-28(34-23)29(36-35-25)26-14-22-24(33-26)6-8-32-27(22)18-10-17(11-20(30)12-18)7-9-40(3,38)39/h4-6,8,10-16,33H,7,9H2,1-3H3,(H,35,36). The molecule has 0 radical (unpaired) electrons. The lowest BCUT2D eigenvalue weighted by molar-refractivity contribution is 0.600. The number of rotatable bonds is 7. The molecule has 0 atom stereocenters. The molecule has 0 saturated heterocycles. The van der Waals surface area contributed by atoms with Gasteiger partial charge >= 0.3 is 0 Å². The molecule has 1 aromatic carbocycles. The van der Waals surface area contributed by atoms with E-state index in [9.17, 15) is 12.8 Å². The highest BCUT2D eigenvalue weighted by atomic mass is 32.2. The van der Waals surface area contributed by atoms with Crippen molar-refractivity contribution in [1.82, 2.24) is 30.1 Å². The van der Waals surface area contributed by atoms with Crippen molar-refractivity contribution in [1.29, 1.82) is 0 Å². The van der Waals surface area contributed by atoms with Crippen LogP contribution in [0.15, 0.2) is 67.1 Å². The third-order valence-electron chi connectivity index (χ3n) is 6.74. The fourth-order valence-corrected chi connectivity index (χ4v) is 5.31. The van der Waals surface area contributed by atoms with E-state index < -0.39 is 15.7 Å². The average Bonchev–Trinajstić information content (AvgIpc) is 3.55. The molecule has 6 rings (SSSR count). The van der Waals surface area contributed by atoms with Crippen molar-refractivity contribution in [2.75, 3.05) is 31.0 Å². The smallest absolute Gasteiger partial charge is 0.147 e. The van der Waals surface area contributed by atoms with Gasteiger partial charge in [0.25, 0.3) is 0 Å². The van der Waals surface area contributed by atoms with Gasteiger partial charge in [-0.2, -0.15) is 5.10 Å². The summed E-state index contributed by atoms with van der Waals surface area (Å²) in [7, 11) is 0.748. The van der Waals surface area contributed by atoms with Gasteiger partial charge in [0.05, 0.1) is 40.2 Å². The maximum Gasteiger partial charge on any atom is 0.147 e. The normalized spacial score (nSPS) is 11.9. The predicted molar refractivity (Wildman–Crippen MR) is 155 cm³/mol. The Balaban J connectivity index is 1.42. The first-order chi connectivity index (χ1) is 19.1. The number of pyridine rings is 3. The molecule has 0 spiro atoms. The minimum Gasteiger partial charge on any atom is -0.376 e. The van der Waals surface area contributed by atoms with Gasteiger partial charge in [0.2, 0.25) is 0 Å². The Morgan fingerprint density at radius 3 is 2.60 bits per heavy atom. The second-order valence-electron chi connectivity index (χ2n) is 10.0. The van der Waals surface area contributed by atoms with Gasteiger partial charge < -0.3 is 9.88 Å². The average molecular weight is 556 g/mol. The first-order valence-electron chi connectivity index (χ1n) is 12.6. The monoisotopic (exact) mass is 555 g/mol. The Morgan fingerprint density at radius 2 is 1.80 bits per heavy atom. The minimum atomic E-state index is -3.18. The number of sulfone groups is 1. The first kappa shape index (κ1) is 25.6. The molecule has 0 aliphatic carbocycles. The summed E-state index contributed by atoms with van der Waals surface area (Å²) < 4.78 is 37.9. The highest BCUT2D eigenvalue weighted by molar-refractivity contribution is 7.90. The number of fused-ring (bicyclic) bond motifs is 2. The Kier molecular flexibility index (Phi) is 6.30. The number of aromatic nitrogens is 6. The Bertz CT molecular complexity index is 2000. The predicted octanol–water partition coefficient (Wildman–Crippen LogP) is 5.02. The van der Waals surface area contributed by atoms with Crippen molar-refractivity contribution in [3.05, 3.63) is 78.5 Å². The van der Waals surface area contributed by atoms with E-state index in [0.29, 0.717) is 28.0 Å². The molecule has 6 aromatic rings. The summed E-state index contributed by atoms with van der Waals surface area (Å²) in [4.78, 5) is 19.2. The molecule has 0 bridgehead atoms. The molecule has 2 N–H and O–H groups in total. The first-order valence-corrected chi connectivity index (χ1v) is 14.6. The fourth-order valence-electron chi connectivity index (χ4n) is 4.71. The molecular formula is C29H26FN7O2S. The van der Waals surface area contributed by atoms with Crippen LogP contribution in [0.2, 0.25) is 0 Å². The molecule has 0 amide bonds. The van der Waals surface area contributed by atoms with E-state index in [-0.39, 0.29) is 12.2 Å². The van der Waals surface area contributed by atoms with E-state index in [4.69, 9.17) is 4.98 Å². The van der Waals surface area contributed by atoms with E-state index in [1.807, 2.05) is 49.3 Å². The third-order valence-corrected chi connectivity index (χ3v) is 7.69. The summed E-state index contributed by atoms with van der Waals surface area (Å²) in [5.41, 5.74) is 8.04. The molecule has 40 heavy (non-hydrogen) atoms. The Morgan fingerprint density at radius 1 is 0.950 bits per heavy atom. The molecule has 11 heteroatoms. The number of aryl methyl sites for hydroxylation is 1. The quantitative estimate of drug-likeness (QED) is 0.284. The third kappa shape index (κ3) is 5.03. The van der Waals surface area contributed by atoms with Crippen LogP contribution in [0.5, 0.6) is 0 Å². The molecule has 0 aliphatic rings. The van der Waals surface area contributed by atoms with Crippen LogP contribution in [0.4, 0.5) is 10.1 Å². The molecular weight excluding hydrogens is 529 g/mol. The van der Waals surface area contributed by atoms with E-state index >= 15 is 0 Å². The second-order valence-corrected chi connectivity index (χ2v) is 12.3. The largest absolute Gasteiger partial charge is 0.376 e. The maximum atomic E-state index is 14.6. The SMILES string of the molecule is CN(C)c1cncc(-c2ccc3[nH]nc(-c4cc5c(-c6cc(F)cc(CCS(C)(=O)=O)c6)nccc5[nH]4)c3n2)c1. The molecule has 5 heterocycles. The molecule has 0 saturated carbocycles. The summed E-state index contributed by atoms with van der Waals surface area (Å²) in [6, 6.07) is 14.2. The van der Waals surface area contributed by atoms with Crippen molar-refractivity contribution in [3.8, 4) is 33.9 Å². The van der Waals surface area contributed by atoms with Crippen molar-refractivity contribution in [2.24, 2.45) is 0 Å². The minimum absolute atomic E-state index is 0.0570. The van der Waals surface area contributed by atoms with Gasteiger partial charge in [0.15, 0.2) is 0 Å². The zero-order chi connectivity index (χ0) is 28.0. The Hall–Kier alpha value is -4.64. The van der Waals surface area contributed by atoms with Gasteiger partial charge in [-0.3, -0.25) is 15.1 Å². The summed E-state index contributed by atoms with van der Waals surface area (Å²) >= 11 is 0. The zero-order valence-corrected chi connectivity index (χ0v) is 22.9. The van der Waals surface area contributed by atoms with Crippen LogP contribution >= 0.6 is 0 Å². The van der Waals surface area contributed by atoms with Crippen molar-refractivity contribution >= 4 is 37.5 Å². The number of nitrogens with zero attached hydrogens (tertiary/aromatic N) is 5. The summed E-state index contributed by atoms with van der Waals surface area (Å²) in [5, 5.41) is 8.38. The highest BCUT2D eigenvalue weighted by Crippen LogP contribution is 2.34. The van der Waals surface area contributed by atoms with Crippen LogP contribution in [0, 0.1) is 5.82 Å². The lowest BCUT2D eigenvalue weighted by atomic mass is 10.0. The molecule has 9 nitrogen and oxygen atoms in total. The maximum absolute atomic E-state index is 14.6. The highest BCUT2D eigenvalue weighted by Gasteiger charge is 2.17. The molecule has 0 aliphatic heterocycles. The van der Waals surface area contributed by atoms with Crippen LogP contribution in [0.25, 0.3) is 55.8 Å². The van der Waals surface area contributed by atoms with Crippen molar-refractivity contribution < 1.29 is 12.8 Å². The van der Waals surface area contributed by atoms with Gasteiger partial charge in [0.1, 0.15) is 26.9 Å². The number of benzene rings is 1. The van der Waals surface area contributed by atoms with E-state index in [0.717, 1.165) is 39.1 Å². The summed E-state index contributed by atoms with van der Waals surface area (Å²) in [5.74, 6) is -0.503. The number of nitrogens with one attached hydrogen (secondary N) is 2. The van der Waals surface area contributed by atoms with E-state index in [2.05, 4.69) is 25.1 Å². The van der Waals surface area contributed by atoms with Gasteiger partial charge in [-0.25, -0.2) is 17.8 Å². The van der Waals surface area contributed by atoms with Crippen LogP contribution in [0.3, 0.4) is 0 Å². The number of hydrogen-bond donors (Lipinski definition) is 2. The lowest BCUT2D eigenvalue weighted by Gasteiger charge is -2.12. The van der Waals surface area contributed by atoms with Gasteiger partial charge in [-0.1, -0.05) is 0 Å². The summed E-state index contributed by atoms with van der Waals surface area (Å²) in [6.45, 7) is 0. The van der Waals surface area contributed by atoms with Gasteiger partial charge in [0, 0.05) is 54.8 Å². The van der Waals surface area contributed by atoms with Crippen molar-refractivity contribution in [3.63, 3.8) is 0 Å². The lowest BCUT2D eigenvalue weighted by Crippen LogP contribution is -2.08. The van der Waals surface area contributed by atoms with Crippen LogP contribution < -0.4 is 4.90 Å². The number of aromatic amines is 2. The van der Waals surface area contributed by atoms with Crippen molar-refractivity contribution in [2.45, 2.75) is 6.42 Å². The number of hydrogen-bond acceptors (Lipinski definition) is 7. The van der Waals surface area contributed by atoms with E-state index in [1.165, 1.54) is 18.4 Å². The van der Waals surface area contributed by atoms with Crippen LogP contribution in [0.1, 0.15) is 5.56 Å². The topological polar surface area (TPSA) is 121 Å². The molecule has 202 valence electrons. The molecule has 5 aromatic heterocycles. The van der Waals surface area contributed by atoms with Gasteiger partial charge in [-0.05, 0) is 60.5 Å². The second kappa shape index (κ2) is 9.83. The molecule has 0 unspecified atom stereocenters. The van der Waals surface area contributed by atoms with Gasteiger partial charge in [-0.15, -0.1) is 0 Å². The Labute approximate surface area is 230 Å². The fraction of sp³-hybridized carbons (Fsp3) is 0.172. The number of anilines is 1. The van der Waals surface area contributed by atoms with Crippen LogP contribution in [-0.4, -0.2) is 64.7 Å². The summed E-state index contributed by atoms with van der Waals surface area (Å²) in [6.07, 6.45) is 6.63. The number of H-pyrrole nitrogens is 2. The molecule has 0 fully saturated rings. The van der Waals surface area contributed by atoms with Crippen LogP contribution in [-0.2, 0) is 16.3 Å². The zero-order valence-electron chi connectivity index (χ0n) is 22.1. The van der Waals surface area contributed by atoms with E-state index in [1.54, 1.807) is 24.7 Å². The number of halogens is 1.